The van der Waals surface area contributed by atoms with Crippen molar-refractivity contribution in [3.8, 4) is 9.88 Å². The van der Waals surface area contributed by atoms with Gasteiger partial charge in [-0.25, -0.2) is 4.98 Å². The number of aromatic nitrogens is 3. The number of aryl methyl sites for hydroxylation is 1. The van der Waals surface area contributed by atoms with Gasteiger partial charge in [0.05, 0.1) is 17.0 Å². The summed E-state index contributed by atoms with van der Waals surface area (Å²) in [6, 6.07) is 5.81. The molecule has 0 aliphatic carbocycles. The number of thiophene rings is 1. The van der Waals surface area contributed by atoms with Crippen LogP contribution in [0.3, 0.4) is 0 Å². The van der Waals surface area contributed by atoms with Crippen LogP contribution in [0.4, 0.5) is 5.82 Å². The lowest BCUT2D eigenvalue weighted by molar-refractivity contribution is -0.115. The van der Waals surface area contributed by atoms with E-state index in [4.69, 9.17) is 0 Å². The summed E-state index contributed by atoms with van der Waals surface area (Å²) in [5, 5.41) is 14.4. The second-order valence-electron chi connectivity index (χ2n) is 4.28. The first-order valence-corrected chi connectivity index (χ1v) is 7.77. The van der Waals surface area contributed by atoms with Crippen molar-refractivity contribution >= 4 is 34.4 Å². The third kappa shape index (κ3) is 2.94. The van der Waals surface area contributed by atoms with E-state index in [1.54, 1.807) is 28.7 Å². The molecule has 0 saturated heterocycles. The van der Waals surface area contributed by atoms with E-state index in [9.17, 15) is 4.79 Å². The molecule has 0 atom stereocenters. The van der Waals surface area contributed by atoms with E-state index in [0.717, 1.165) is 21.3 Å². The Bertz CT molecular complexity index is 714. The maximum absolute atomic E-state index is 11.9. The van der Waals surface area contributed by atoms with E-state index in [2.05, 4.69) is 20.5 Å². The summed E-state index contributed by atoms with van der Waals surface area (Å²) in [4.78, 5) is 17.5. The van der Waals surface area contributed by atoms with E-state index in [0.29, 0.717) is 5.82 Å². The molecular formula is C13H12N4OS2. The van der Waals surface area contributed by atoms with Gasteiger partial charge in [-0.05, 0) is 18.4 Å². The quantitative estimate of drug-likeness (QED) is 0.778. The summed E-state index contributed by atoms with van der Waals surface area (Å²) >= 11 is 3.20. The molecule has 0 fully saturated rings. The number of aromatic amines is 1. The van der Waals surface area contributed by atoms with Gasteiger partial charge in [-0.1, -0.05) is 6.07 Å². The standard InChI is InChI=1S/C13H12N4OS2/c1-8-5-11(17-16-8)15-12(18)6-9-7-20-13(14-9)10-3-2-4-19-10/h2-5,7H,6H2,1H3,(H2,15,16,17,18). The van der Waals surface area contributed by atoms with Crippen LogP contribution in [0.1, 0.15) is 11.4 Å². The van der Waals surface area contributed by atoms with Crippen LogP contribution < -0.4 is 5.32 Å². The van der Waals surface area contributed by atoms with Crippen LogP contribution in [0.25, 0.3) is 9.88 Å². The third-order valence-corrected chi connectivity index (χ3v) is 4.53. The molecule has 102 valence electrons. The topological polar surface area (TPSA) is 70.7 Å². The average Bonchev–Trinajstić information content (AvgIpc) is 3.10. The van der Waals surface area contributed by atoms with Crippen LogP contribution in [0, 0.1) is 6.92 Å². The number of carbonyl (C=O) groups excluding carboxylic acids is 1. The van der Waals surface area contributed by atoms with Gasteiger partial charge in [0.25, 0.3) is 0 Å². The van der Waals surface area contributed by atoms with Crippen molar-refractivity contribution in [1.82, 2.24) is 15.2 Å². The number of H-pyrrole nitrogens is 1. The molecule has 2 N–H and O–H groups in total. The summed E-state index contributed by atoms with van der Waals surface area (Å²) in [6.07, 6.45) is 0.258. The normalized spacial score (nSPS) is 10.7. The van der Waals surface area contributed by atoms with Crippen LogP contribution >= 0.6 is 22.7 Å². The first-order valence-electron chi connectivity index (χ1n) is 6.01. The van der Waals surface area contributed by atoms with Crippen molar-refractivity contribution in [2.45, 2.75) is 13.3 Å². The second-order valence-corrected chi connectivity index (χ2v) is 6.09. The Morgan fingerprint density at radius 2 is 2.35 bits per heavy atom. The molecule has 3 aromatic rings. The van der Waals surface area contributed by atoms with Crippen LogP contribution in [0.5, 0.6) is 0 Å². The van der Waals surface area contributed by atoms with Gasteiger partial charge in [-0.3, -0.25) is 9.89 Å². The van der Waals surface area contributed by atoms with Gasteiger partial charge in [0.15, 0.2) is 5.82 Å². The van der Waals surface area contributed by atoms with Gasteiger partial charge in [-0.2, -0.15) is 5.10 Å². The Morgan fingerprint density at radius 3 is 3.05 bits per heavy atom. The number of amides is 1. The number of hydrogen-bond acceptors (Lipinski definition) is 5. The number of nitrogens with zero attached hydrogens (tertiary/aromatic N) is 2. The Labute approximate surface area is 123 Å². The average molecular weight is 304 g/mol. The van der Waals surface area contributed by atoms with E-state index in [1.165, 1.54) is 0 Å². The maximum Gasteiger partial charge on any atom is 0.231 e. The highest BCUT2D eigenvalue weighted by molar-refractivity contribution is 7.20. The predicted octanol–water partition coefficient (Wildman–Crippen LogP) is 3.08. The Morgan fingerprint density at radius 1 is 1.45 bits per heavy atom. The molecule has 3 heterocycles. The fourth-order valence-corrected chi connectivity index (χ4v) is 3.37. The maximum atomic E-state index is 11.9. The molecular weight excluding hydrogens is 292 g/mol. The molecule has 0 bridgehead atoms. The SMILES string of the molecule is Cc1cc(NC(=O)Cc2csc(-c3cccs3)n2)n[nH]1. The zero-order valence-electron chi connectivity index (χ0n) is 10.7. The van der Waals surface area contributed by atoms with Crippen LogP contribution in [-0.4, -0.2) is 21.1 Å². The lowest BCUT2D eigenvalue weighted by Gasteiger charge is -1.98. The van der Waals surface area contributed by atoms with Crippen molar-refractivity contribution in [2.24, 2.45) is 0 Å². The molecule has 0 aliphatic rings. The Balaban J connectivity index is 1.64. The molecule has 3 rings (SSSR count). The highest BCUT2D eigenvalue weighted by Crippen LogP contribution is 2.27. The fourth-order valence-electron chi connectivity index (χ4n) is 1.74. The second kappa shape index (κ2) is 5.56. The van der Waals surface area contributed by atoms with Crippen molar-refractivity contribution in [3.05, 3.63) is 40.3 Å². The van der Waals surface area contributed by atoms with Crippen molar-refractivity contribution < 1.29 is 4.79 Å². The zero-order valence-corrected chi connectivity index (χ0v) is 12.3. The lowest BCUT2D eigenvalue weighted by atomic mass is 10.3. The van der Waals surface area contributed by atoms with Crippen molar-refractivity contribution in [3.63, 3.8) is 0 Å². The van der Waals surface area contributed by atoms with Crippen LogP contribution in [-0.2, 0) is 11.2 Å². The van der Waals surface area contributed by atoms with Gasteiger partial charge in [-0.15, -0.1) is 22.7 Å². The monoisotopic (exact) mass is 304 g/mol. The van der Waals surface area contributed by atoms with E-state index in [-0.39, 0.29) is 12.3 Å². The molecule has 20 heavy (non-hydrogen) atoms. The summed E-state index contributed by atoms with van der Waals surface area (Å²) in [5.74, 6) is 0.431. The Kier molecular flexibility index (Phi) is 3.62. The Hall–Kier alpha value is -1.99. The third-order valence-electron chi connectivity index (χ3n) is 2.60. The van der Waals surface area contributed by atoms with Crippen molar-refractivity contribution in [1.29, 1.82) is 0 Å². The molecule has 0 aromatic carbocycles. The smallest absolute Gasteiger partial charge is 0.231 e. The van der Waals surface area contributed by atoms with Gasteiger partial charge in [0.1, 0.15) is 5.01 Å². The molecule has 0 saturated carbocycles. The van der Waals surface area contributed by atoms with Gasteiger partial charge < -0.3 is 5.32 Å². The zero-order chi connectivity index (χ0) is 13.9. The van der Waals surface area contributed by atoms with E-state index < -0.39 is 0 Å². The van der Waals surface area contributed by atoms with E-state index in [1.807, 2.05) is 29.8 Å². The molecule has 1 amide bonds. The lowest BCUT2D eigenvalue weighted by Crippen LogP contribution is -2.14. The van der Waals surface area contributed by atoms with Crippen LogP contribution in [0.15, 0.2) is 29.0 Å². The molecule has 0 radical (unpaired) electrons. The number of rotatable bonds is 4. The number of hydrogen-bond donors (Lipinski definition) is 2. The fraction of sp³-hybridized carbons (Fsp3) is 0.154. The first-order chi connectivity index (χ1) is 9.70. The van der Waals surface area contributed by atoms with E-state index >= 15 is 0 Å². The summed E-state index contributed by atoms with van der Waals surface area (Å²) in [7, 11) is 0. The number of thiazole rings is 1. The minimum absolute atomic E-state index is 0.112. The van der Waals surface area contributed by atoms with Crippen molar-refractivity contribution in [2.75, 3.05) is 5.32 Å². The van der Waals surface area contributed by atoms with Gasteiger partial charge in [0, 0.05) is 17.1 Å². The molecule has 0 aliphatic heterocycles. The summed E-state index contributed by atoms with van der Waals surface area (Å²) < 4.78 is 0. The minimum atomic E-state index is -0.112. The van der Waals surface area contributed by atoms with Crippen LogP contribution in [0.2, 0.25) is 0 Å². The van der Waals surface area contributed by atoms with Gasteiger partial charge in [0.2, 0.25) is 5.91 Å². The molecule has 5 nitrogen and oxygen atoms in total. The predicted molar refractivity (Wildman–Crippen MR) is 81.1 cm³/mol. The molecule has 7 heteroatoms. The largest absolute Gasteiger partial charge is 0.309 e. The van der Waals surface area contributed by atoms with Gasteiger partial charge >= 0.3 is 0 Å². The molecule has 3 aromatic heterocycles. The summed E-state index contributed by atoms with van der Waals surface area (Å²) in [5.41, 5.74) is 1.69. The first kappa shape index (κ1) is 13.0. The number of carbonyl (C=O) groups is 1. The molecule has 0 spiro atoms. The highest BCUT2D eigenvalue weighted by Gasteiger charge is 2.10. The summed E-state index contributed by atoms with van der Waals surface area (Å²) in [6.45, 7) is 1.89. The highest BCUT2D eigenvalue weighted by atomic mass is 32.1. The minimum Gasteiger partial charge on any atom is -0.309 e. The molecule has 0 unspecified atom stereocenters. The number of nitrogens with one attached hydrogen (secondary N) is 2. The number of anilines is 1.